The summed E-state index contributed by atoms with van der Waals surface area (Å²) in [5.74, 6) is 0. The van der Waals surface area contributed by atoms with Gasteiger partial charge in [0.15, 0.2) is 0 Å². The summed E-state index contributed by atoms with van der Waals surface area (Å²) in [6.45, 7) is 11.7. The molecule has 0 aliphatic heterocycles. The number of hydrogen-bond donors (Lipinski definition) is 0. The Morgan fingerprint density at radius 1 is 0.929 bits per heavy atom. The second-order valence-corrected chi connectivity index (χ2v) is 16.3. The van der Waals surface area contributed by atoms with Crippen molar-refractivity contribution in [2.75, 3.05) is 0 Å². The second kappa shape index (κ2) is 8.95. The smallest absolute Gasteiger partial charge is 1.00 e. The molecule has 0 spiro atoms. The van der Waals surface area contributed by atoms with Crippen LogP contribution in [-0.2, 0) is 27.7 Å². The molecule has 3 heteroatoms. The summed E-state index contributed by atoms with van der Waals surface area (Å²) in [7, 11) is 0. The van der Waals surface area contributed by atoms with E-state index in [1.54, 1.807) is 12.0 Å². The molecule has 0 N–H and O–H groups in total. The minimum Gasteiger partial charge on any atom is -1.00 e. The molecule has 0 saturated heterocycles. The van der Waals surface area contributed by atoms with Gasteiger partial charge in [-0.3, -0.25) is 0 Å². The van der Waals surface area contributed by atoms with Gasteiger partial charge in [-0.05, 0) is 0 Å². The van der Waals surface area contributed by atoms with Crippen LogP contribution in [0.15, 0.2) is 66.3 Å². The average Bonchev–Trinajstić information content (AvgIpc) is 3.20. The first-order valence-corrected chi connectivity index (χ1v) is 13.5. The van der Waals surface area contributed by atoms with E-state index in [4.69, 9.17) is 0 Å². The minimum atomic E-state index is -1.96. The van der Waals surface area contributed by atoms with Crippen LogP contribution in [0.5, 0.6) is 0 Å². The first kappa shape index (κ1) is 23.5. The van der Waals surface area contributed by atoms with Crippen molar-refractivity contribution in [3.05, 3.63) is 77.4 Å². The van der Waals surface area contributed by atoms with E-state index in [0.29, 0.717) is 3.63 Å². The number of rotatable bonds is 2. The topological polar surface area (TPSA) is 0 Å². The third-order valence-corrected chi connectivity index (χ3v) is 13.5. The largest absolute Gasteiger partial charge is 1.00 e. The fourth-order valence-electron chi connectivity index (χ4n) is 4.38. The van der Waals surface area contributed by atoms with E-state index in [-0.39, 0.29) is 30.2 Å². The van der Waals surface area contributed by atoms with Crippen LogP contribution in [0.25, 0.3) is 11.1 Å². The molecule has 146 valence electrons. The summed E-state index contributed by atoms with van der Waals surface area (Å²) in [6.07, 6.45) is 8.60. The Morgan fingerprint density at radius 3 is 2.25 bits per heavy atom. The zero-order chi connectivity index (χ0) is 18.5. The van der Waals surface area contributed by atoms with Crippen molar-refractivity contribution < 1.29 is 46.1 Å². The van der Waals surface area contributed by atoms with Crippen molar-refractivity contribution in [1.29, 1.82) is 0 Å². The molecule has 0 radical (unpaired) electrons. The van der Waals surface area contributed by atoms with E-state index in [2.05, 4.69) is 95.3 Å². The molecule has 2 aliphatic carbocycles. The molecule has 0 saturated carbocycles. The molecule has 2 aromatic rings. The van der Waals surface area contributed by atoms with E-state index >= 15 is 0 Å². The van der Waals surface area contributed by atoms with E-state index < -0.39 is 21.3 Å². The van der Waals surface area contributed by atoms with E-state index in [1.807, 2.05) is 0 Å². The Balaban J connectivity index is 0.00000140. The zero-order valence-corrected chi connectivity index (χ0v) is 21.3. The van der Waals surface area contributed by atoms with Gasteiger partial charge in [0, 0.05) is 0 Å². The molecule has 0 bridgehead atoms. The maximum absolute atomic E-state index is 2.59. The molecule has 2 aromatic carbocycles. The number of allylic oxidation sites excluding steroid dienone is 4. The van der Waals surface area contributed by atoms with E-state index in [0.717, 1.165) is 6.42 Å². The third kappa shape index (κ3) is 4.23. The van der Waals surface area contributed by atoms with Gasteiger partial charge in [0.25, 0.3) is 0 Å². The molecule has 4 rings (SSSR count). The van der Waals surface area contributed by atoms with Gasteiger partial charge in [-0.25, -0.2) is 0 Å². The number of fused-ring (bicyclic) bond motifs is 3. The summed E-state index contributed by atoms with van der Waals surface area (Å²) in [6, 6.07) is 16.0. The van der Waals surface area contributed by atoms with Gasteiger partial charge in [0.2, 0.25) is 0 Å². The molecule has 0 heterocycles. The van der Waals surface area contributed by atoms with Gasteiger partial charge in [-0.1, -0.05) is 0 Å². The van der Waals surface area contributed by atoms with Gasteiger partial charge in [-0.2, -0.15) is 0 Å². The van der Waals surface area contributed by atoms with Crippen LogP contribution in [0.2, 0.25) is 3.63 Å². The Kier molecular flexibility index (Phi) is 7.52. The number of hydrogen-bond acceptors (Lipinski definition) is 0. The first-order chi connectivity index (χ1) is 12.4. The van der Waals surface area contributed by atoms with Gasteiger partial charge < -0.3 is 24.8 Å². The Bertz CT molecular complexity index is 970. The molecule has 1 unspecified atom stereocenters. The van der Waals surface area contributed by atoms with Crippen molar-refractivity contribution in [1.82, 2.24) is 0 Å². The maximum Gasteiger partial charge on any atom is -1.00 e. The Labute approximate surface area is 190 Å². The van der Waals surface area contributed by atoms with Crippen molar-refractivity contribution in [3.63, 3.8) is 0 Å². The molecular weight excluding hydrogens is 462 g/mol. The van der Waals surface area contributed by atoms with E-state index in [9.17, 15) is 0 Å². The van der Waals surface area contributed by atoms with Crippen molar-refractivity contribution in [3.8, 4) is 11.1 Å². The molecule has 0 amide bonds. The summed E-state index contributed by atoms with van der Waals surface area (Å²) < 4.78 is 4.06. The van der Waals surface area contributed by atoms with Gasteiger partial charge in [-0.15, -0.1) is 0 Å². The van der Waals surface area contributed by atoms with Crippen LogP contribution in [0, 0.1) is 5.41 Å². The van der Waals surface area contributed by atoms with Gasteiger partial charge in [0.1, 0.15) is 0 Å². The fraction of sp³-hybridized carbons (Fsp3) is 0.320. The fourth-order valence-corrected chi connectivity index (χ4v) is 11.8. The van der Waals surface area contributed by atoms with Gasteiger partial charge in [0.05, 0.1) is 0 Å². The standard InChI is InChI=1S/C13H9.C9H13.C3H6.2ClH.Zr/c1-3-7-12-10(5-1)9-11-6-2-4-8-13(11)12;1-9(2,3)8-6-4-5-7-8;1-3-2;;;/h1-5,7-8H,9H2;4-7H,1-3H3;1-2H3;2*1H;/q;;;;;+2/p-2. The summed E-state index contributed by atoms with van der Waals surface area (Å²) in [5, 5.41) is 0. The van der Waals surface area contributed by atoms with Crippen molar-refractivity contribution in [2.45, 2.75) is 44.7 Å². The molecule has 0 aromatic heterocycles. The van der Waals surface area contributed by atoms with Crippen LogP contribution >= 0.6 is 0 Å². The van der Waals surface area contributed by atoms with Crippen LogP contribution in [0.1, 0.15) is 45.7 Å². The third-order valence-electron chi connectivity index (χ3n) is 5.72. The maximum atomic E-state index is 2.59. The summed E-state index contributed by atoms with van der Waals surface area (Å²) in [5.41, 5.74) is 7.82. The normalized spacial score (nSPS) is 16.1. The molecule has 0 nitrogen and oxygen atoms in total. The van der Waals surface area contributed by atoms with Crippen LogP contribution < -0.4 is 28.1 Å². The molecule has 0 fully saturated rings. The predicted molar refractivity (Wildman–Crippen MR) is 111 cm³/mol. The molecule has 2 aliphatic rings. The SMILES string of the molecule is C[C](C)=[Zr+2]([c]1cccc2c1Cc1ccccc1-2)[CH]1C=CC(C(C)(C)C)=C1.[Cl-].[Cl-]. The van der Waals surface area contributed by atoms with Crippen LogP contribution in [0.3, 0.4) is 0 Å². The average molecular weight is 491 g/mol. The molecule has 28 heavy (non-hydrogen) atoms. The predicted octanol–water partition coefficient (Wildman–Crippen LogP) is 0.0523. The molecule has 1 atom stereocenters. The number of benzene rings is 2. The quantitative estimate of drug-likeness (QED) is 0.477. The second-order valence-electron chi connectivity index (χ2n) is 8.84. The van der Waals surface area contributed by atoms with Crippen molar-refractivity contribution >= 4 is 6.48 Å². The zero-order valence-electron chi connectivity index (χ0n) is 17.3. The summed E-state index contributed by atoms with van der Waals surface area (Å²) >= 11 is -1.96. The van der Waals surface area contributed by atoms with Crippen LogP contribution in [0.4, 0.5) is 0 Å². The first-order valence-electron chi connectivity index (χ1n) is 9.64. The minimum absolute atomic E-state index is 0. The Morgan fingerprint density at radius 2 is 1.61 bits per heavy atom. The van der Waals surface area contributed by atoms with E-state index in [1.165, 1.54) is 22.3 Å². The van der Waals surface area contributed by atoms with Gasteiger partial charge >= 0.3 is 166 Å². The van der Waals surface area contributed by atoms with Crippen LogP contribution in [-0.4, -0.2) is 3.21 Å². The molecular formula is C25H28Cl2Zr. The number of halogens is 2. The monoisotopic (exact) mass is 488 g/mol. The van der Waals surface area contributed by atoms with Crippen molar-refractivity contribution in [2.24, 2.45) is 5.41 Å². The Hall–Kier alpha value is -0.747. The summed E-state index contributed by atoms with van der Waals surface area (Å²) in [4.78, 5) is 0.